The summed E-state index contributed by atoms with van der Waals surface area (Å²) in [7, 11) is 3.41. The molecule has 0 spiro atoms. The summed E-state index contributed by atoms with van der Waals surface area (Å²) in [6.07, 6.45) is 0. The first-order chi connectivity index (χ1) is 12.0. The second-order valence-corrected chi connectivity index (χ2v) is 5.83. The van der Waals surface area contributed by atoms with Gasteiger partial charge in [-0.3, -0.25) is 4.79 Å². The summed E-state index contributed by atoms with van der Waals surface area (Å²) in [6, 6.07) is 13.5. The maximum absolute atomic E-state index is 11.8. The summed E-state index contributed by atoms with van der Waals surface area (Å²) in [5.74, 6) is 5.74. The van der Waals surface area contributed by atoms with Crippen molar-refractivity contribution in [2.75, 3.05) is 26.0 Å². The molecule has 2 aromatic rings. The van der Waals surface area contributed by atoms with Gasteiger partial charge < -0.3 is 15.5 Å². The third kappa shape index (κ3) is 5.87. The highest BCUT2D eigenvalue weighted by Crippen LogP contribution is 2.13. The van der Waals surface area contributed by atoms with Gasteiger partial charge in [-0.05, 0) is 48.5 Å². The van der Waals surface area contributed by atoms with Crippen LogP contribution in [0.3, 0.4) is 0 Å². The van der Waals surface area contributed by atoms with Gasteiger partial charge in [-0.25, -0.2) is 4.79 Å². The van der Waals surface area contributed by atoms with Gasteiger partial charge in [0.25, 0.3) is 5.91 Å². The molecule has 2 aromatic carbocycles. The summed E-state index contributed by atoms with van der Waals surface area (Å²) in [5, 5.41) is 5.93. The highest BCUT2D eigenvalue weighted by atomic mass is 35.5. The average Bonchev–Trinajstić information content (AvgIpc) is 2.60. The van der Waals surface area contributed by atoms with Gasteiger partial charge in [0.2, 0.25) is 0 Å². The third-order valence-corrected chi connectivity index (χ3v) is 3.46. The Labute approximate surface area is 152 Å². The largest absolute Gasteiger partial charge is 0.345 e. The van der Waals surface area contributed by atoms with Gasteiger partial charge >= 0.3 is 6.03 Å². The van der Waals surface area contributed by atoms with Crippen molar-refractivity contribution in [3.8, 4) is 11.8 Å². The van der Waals surface area contributed by atoms with Crippen molar-refractivity contribution in [2.45, 2.75) is 0 Å². The maximum Gasteiger partial charge on any atom is 0.319 e. The minimum atomic E-state index is -0.344. The molecule has 0 radical (unpaired) electrons. The van der Waals surface area contributed by atoms with Crippen LogP contribution in [0.15, 0.2) is 48.5 Å². The van der Waals surface area contributed by atoms with Gasteiger partial charge in [0.1, 0.15) is 0 Å². The molecule has 0 unspecified atom stereocenters. The van der Waals surface area contributed by atoms with E-state index in [4.69, 9.17) is 11.6 Å². The zero-order valence-corrected chi connectivity index (χ0v) is 14.7. The monoisotopic (exact) mass is 355 g/mol. The Hall–Kier alpha value is -2.97. The topological polar surface area (TPSA) is 61.4 Å². The molecule has 0 saturated heterocycles. The predicted molar refractivity (Wildman–Crippen MR) is 99.8 cm³/mol. The van der Waals surface area contributed by atoms with E-state index >= 15 is 0 Å². The number of rotatable bonds is 3. The van der Waals surface area contributed by atoms with Crippen molar-refractivity contribution in [3.63, 3.8) is 0 Å². The summed E-state index contributed by atoms with van der Waals surface area (Å²) >= 11 is 5.78. The van der Waals surface area contributed by atoms with Crippen LogP contribution in [0.1, 0.15) is 15.9 Å². The number of urea groups is 1. The van der Waals surface area contributed by atoms with Gasteiger partial charge in [-0.2, -0.15) is 0 Å². The number of anilines is 1. The van der Waals surface area contributed by atoms with Gasteiger partial charge in [0.15, 0.2) is 0 Å². The molecule has 0 fully saturated rings. The predicted octanol–water partition coefficient (Wildman–Crippen LogP) is 3.22. The van der Waals surface area contributed by atoms with Crippen LogP contribution in [0.2, 0.25) is 5.02 Å². The molecule has 2 rings (SSSR count). The standard InChI is InChI=1S/C19H18ClN3O2/c1-23(2)18(24)15-7-5-14(6-8-15)4-3-13-21-19(25)22-17-11-9-16(20)10-12-17/h5-12H,13H2,1-2H3,(H2,21,22,25). The molecule has 0 saturated carbocycles. The first kappa shape index (κ1) is 18.4. The van der Waals surface area contributed by atoms with Crippen molar-refractivity contribution >= 4 is 29.2 Å². The van der Waals surface area contributed by atoms with Crippen LogP contribution in [0, 0.1) is 11.8 Å². The van der Waals surface area contributed by atoms with E-state index in [1.165, 1.54) is 4.90 Å². The number of nitrogens with zero attached hydrogens (tertiary/aromatic N) is 1. The summed E-state index contributed by atoms with van der Waals surface area (Å²) in [5.41, 5.74) is 2.03. The Balaban J connectivity index is 1.82. The summed E-state index contributed by atoms with van der Waals surface area (Å²) in [4.78, 5) is 25.0. The van der Waals surface area contributed by atoms with E-state index in [1.807, 2.05) is 0 Å². The molecule has 5 nitrogen and oxygen atoms in total. The zero-order chi connectivity index (χ0) is 18.2. The van der Waals surface area contributed by atoms with E-state index in [2.05, 4.69) is 22.5 Å². The lowest BCUT2D eigenvalue weighted by Crippen LogP contribution is -2.28. The Morgan fingerprint density at radius 1 is 1.04 bits per heavy atom. The summed E-state index contributed by atoms with van der Waals surface area (Å²) in [6.45, 7) is 0.206. The lowest BCUT2D eigenvalue weighted by molar-refractivity contribution is 0.0827. The number of carbonyl (C=O) groups is 2. The molecule has 0 aliphatic carbocycles. The number of nitrogens with one attached hydrogen (secondary N) is 2. The van der Waals surface area contributed by atoms with Crippen LogP contribution < -0.4 is 10.6 Å². The van der Waals surface area contributed by atoms with Gasteiger partial charge in [-0.15, -0.1) is 0 Å². The number of carbonyl (C=O) groups excluding carboxylic acids is 2. The number of hydrogen-bond donors (Lipinski definition) is 2. The maximum atomic E-state index is 11.8. The molecule has 3 amide bonds. The van der Waals surface area contributed by atoms with E-state index in [0.29, 0.717) is 16.3 Å². The second kappa shape index (κ2) is 8.76. The molecule has 0 atom stereocenters. The normalized spacial score (nSPS) is 9.56. The van der Waals surface area contributed by atoms with Crippen molar-refractivity contribution in [3.05, 3.63) is 64.7 Å². The second-order valence-electron chi connectivity index (χ2n) is 5.39. The van der Waals surface area contributed by atoms with E-state index in [0.717, 1.165) is 5.56 Å². The molecular weight excluding hydrogens is 338 g/mol. The third-order valence-electron chi connectivity index (χ3n) is 3.21. The minimum absolute atomic E-state index is 0.0555. The summed E-state index contributed by atoms with van der Waals surface area (Å²) < 4.78 is 0. The van der Waals surface area contributed by atoms with Crippen molar-refractivity contribution in [2.24, 2.45) is 0 Å². The Morgan fingerprint density at radius 2 is 1.68 bits per heavy atom. The first-order valence-electron chi connectivity index (χ1n) is 7.57. The van der Waals surface area contributed by atoms with Gasteiger partial charge in [-0.1, -0.05) is 23.4 Å². The average molecular weight is 356 g/mol. The molecule has 0 aromatic heterocycles. The first-order valence-corrected chi connectivity index (χ1v) is 7.94. The van der Waals surface area contributed by atoms with Crippen LogP contribution in [-0.2, 0) is 0 Å². The minimum Gasteiger partial charge on any atom is -0.345 e. The molecule has 0 aliphatic heterocycles. The van der Waals surface area contributed by atoms with Crippen LogP contribution in [0.4, 0.5) is 10.5 Å². The molecule has 0 aliphatic rings. The quantitative estimate of drug-likeness (QED) is 0.830. The Morgan fingerprint density at radius 3 is 2.28 bits per heavy atom. The van der Waals surface area contributed by atoms with Crippen molar-refractivity contribution in [1.29, 1.82) is 0 Å². The van der Waals surface area contributed by atoms with Crippen molar-refractivity contribution in [1.82, 2.24) is 10.2 Å². The zero-order valence-electron chi connectivity index (χ0n) is 14.0. The van der Waals surface area contributed by atoms with Crippen LogP contribution in [-0.4, -0.2) is 37.5 Å². The SMILES string of the molecule is CN(C)C(=O)c1ccc(C#CCNC(=O)Nc2ccc(Cl)cc2)cc1. The highest BCUT2D eigenvalue weighted by Gasteiger charge is 2.06. The molecule has 25 heavy (non-hydrogen) atoms. The van der Waals surface area contributed by atoms with E-state index < -0.39 is 0 Å². The molecule has 2 N–H and O–H groups in total. The van der Waals surface area contributed by atoms with Gasteiger partial charge in [0.05, 0.1) is 6.54 Å². The molecule has 6 heteroatoms. The number of benzene rings is 2. The molecular formula is C19H18ClN3O2. The lowest BCUT2D eigenvalue weighted by atomic mass is 10.1. The molecule has 0 bridgehead atoms. The van der Waals surface area contributed by atoms with E-state index in [-0.39, 0.29) is 18.5 Å². The Kier molecular flexibility index (Phi) is 6.44. The fraction of sp³-hybridized carbons (Fsp3) is 0.158. The van der Waals surface area contributed by atoms with Crippen LogP contribution in [0.5, 0.6) is 0 Å². The van der Waals surface area contributed by atoms with Crippen molar-refractivity contribution < 1.29 is 9.59 Å². The highest BCUT2D eigenvalue weighted by molar-refractivity contribution is 6.30. The van der Waals surface area contributed by atoms with Crippen LogP contribution in [0.25, 0.3) is 0 Å². The molecule has 128 valence electrons. The molecule has 0 heterocycles. The van der Waals surface area contributed by atoms with E-state index in [9.17, 15) is 9.59 Å². The fourth-order valence-corrected chi connectivity index (χ4v) is 2.06. The fourth-order valence-electron chi connectivity index (χ4n) is 1.93. The number of halogens is 1. The number of amides is 3. The smallest absolute Gasteiger partial charge is 0.319 e. The van der Waals surface area contributed by atoms with E-state index in [1.54, 1.807) is 62.6 Å². The van der Waals surface area contributed by atoms with Gasteiger partial charge in [0, 0.05) is 35.9 Å². The number of hydrogen-bond acceptors (Lipinski definition) is 2. The Bertz CT molecular complexity index is 803. The lowest BCUT2D eigenvalue weighted by Gasteiger charge is -2.09. The van der Waals surface area contributed by atoms with Crippen LogP contribution >= 0.6 is 11.6 Å².